The van der Waals surface area contributed by atoms with Crippen molar-refractivity contribution in [2.24, 2.45) is 11.8 Å². The molecule has 0 spiro atoms. The maximum absolute atomic E-state index is 14.2. The molecule has 2 amide bonds. The fourth-order valence-electron chi connectivity index (χ4n) is 6.32. The Balaban J connectivity index is 1.54. The van der Waals surface area contributed by atoms with Gasteiger partial charge in [0.25, 0.3) is 0 Å². The number of benzene rings is 4. The minimum atomic E-state index is -1.45. The van der Waals surface area contributed by atoms with Crippen molar-refractivity contribution in [2.75, 3.05) is 12.0 Å². The summed E-state index contributed by atoms with van der Waals surface area (Å²) in [7, 11) is 1.32. The third-order valence-corrected chi connectivity index (χ3v) is 8.10. The van der Waals surface area contributed by atoms with Crippen LogP contribution in [0.4, 0.5) is 5.69 Å². The molecule has 6 rings (SSSR count). The molecule has 4 aromatic rings. The Morgan fingerprint density at radius 1 is 0.780 bits per heavy atom. The van der Waals surface area contributed by atoms with Crippen molar-refractivity contribution in [3.63, 3.8) is 0 Å². The normalized spacial score (nSPS) is 23.2. The SMILES string of the molecule is COC(=O)C1(Cc2ccccc2)NC(C=C(c2ccccc2)c2ccccc2)C2C(=O)N(c3ccccc3)C(=O)C21. The van der Waals surface area contributed by atoms with Crippen LogP contribution in [0.2, 0.25) is 0 Å². The van der Waals surface area contributed by atoms with E-state index in [1.165, 1.54) is 12.0 Å². The van der Waals surface area contributed by atoms with Crippen LogP contribution < -0.4 is 10.2 Å². The van der Waals surface area contributed by atoms with E-state index in [0.717, 1.165) is 22.3 Å². The molecular weight excluding hydrogens is 512 g/mol. The van der Waals surface area contributed by atoms with Crippen LogP contribution in [-0.2, 0) is 25.5 Å². The molecule has 0 aromatic heterocycles. The highest BCUT2D eigenvalue weighted by atomic mass is 16.5. The van der Waals surface area contributed by atoms with Crippen LogP contribution >= 0.6 is 0 Å². The number of nitrogens with zero attached hydrogens (tertiary/aromatic N) is 1. The molecule has 0 radical (unpaired) electrons. The Kier molecular flexibility index (Phi) is 7.08. The number of carbonyl (C=O) groups is 3. The fraction of sp³-hybridized carbons (Fsp3) is 0.171. The van der Waals surface area contributed by atoms with E-state index in [1.54, 1.807) is 24.3 Å². The number of hydrogen-bond acceptors (Lipinski definition) is 5. The number of hydrogen-bond donors (Lipinski definition) is 1. The number of fused-ring (bicyclic) bond motifs is 1. The van der Waals surface area contributed by atoms with Gasteiger partial charge >= 0.3 is 5.97 Å². The average Bonchev–Trinajstić information content (AvgIpc) is 3.49. The Hall–Kier alpha value is -4.81. The number of esters is 1. The molecular formula is C35H30N2O4. The molecule has 2 aliphatic heterocycles. The summed E-state index contributed by atoms with van der Waals surface area (Å²) in [5.74, 6) is -3.08. The standard InChI is InChI=1S/C35H30N2O4/c1-41-34(40)35(23-24-14-6-2-7-15-24)31-30(32(38)37(33(31)39)27-20-12-5-13-21-27)29(36-35)22-28(25-16-8-3-9-17-25)26-18-10-4-11-19-26/h2-22,29-31,36H,23H2,1H3. The number of rotatable bonds is 7. The number of anilines is 1. The largest absolute Gasteiger partial charge is 0.468 e. The second-order valence-electron chi connectivity index (χ2n) is 10.5. The zero-order chi connectivity index (χ0) is 28.4. The molecule has 6 heteroatoms. The predicted octanol–water partition coefficient (Wildman–Crippen LogP) is 5.05. The number of nitrogens with one attached hydrogen (secondary N) is 1. The average molecular weight is 543 g/mol. The van der Waals surface area contributed by atoms with Gasteiger partial charge in [-0.15, -0.1) is 0 Å². The molecule has 6 nitrogen and oxygen atoms in total. The third-order valence-electron chi connectivity index (χ3n) is 8.10. The monoisotopic (exact) mass is 542 g/mol. The zero-order valence-electron chi connectivity index (χ0n) is 22.6. The highest BCUT2D eigenvalue weighted by Crippen LogP contribution is 2.47. The van der Waals surface area contributed by atoms with E-state index in [-0.39, 0.29) is 12.3 Å². The third kappa shape index (κ3) is 4.66. The van der Waals surface area contributed by atoms with E-state index in [1.807, 2.05) is 103 Å². The topological polar surface area (TPSA) is 75.7 Å². The second kappa shape index (κ2) is 11.0. The number of amides is 2. The summed E-state index contributed by atoms with van der Waals surface area (Å²) < 4.78 is 5.36. The van der Waals surface area contributed by atoms with Gasteiger partial charge in [0, 0.05) is 12.5 Å². The first-order chi connectivity index (χ1) is 20.0. The number of methoxy groups -OCH3 is 1. The lowest BCUT2D eigenvalue weighted by Gasteiger charge is -2.32. The van der Waals surface area contributed by atoms with Crippen LogP contribution in [0.1, 0.15) is 16.7 Å². The lowest BCUT2D eigenvalue weighted by molar-refractivity contribution is -0.152. The van der Waals surface area contributed by atoms with E-state index in [9.17, 15) is 14.4 Å². The van der Waals surface area contributed by atoms with Crippen LogP contribution in [0, 0.1) is 11.8 Å². The van der Waals surface area contributed by atoms with Gasteiger partial charge in [-0.25, -0.2) is 4.90 Å². The smallest absolute Gasteiger partial charge is 0.327 e. The van der Waals surface area contributed by atoms with Gasteiger partial charge in [-0.2, -0.15) is 0 Å². The molecule has 2 fully saturated rings. The van der Waals surface area contributed by atoms with E-state index in [4.69, 9.17) is 4.74 Å². The van der Waals surface area contributed by atoms with Gasteiger partial charge < -0.3 is 4.74 Å². The van der Waals surface area contributed by atoms with Crippen molar-refractivity contribution in [1.29, 1.82) is 0 Å². The summed E-state index contributed by atoms with van der Waals surface area (Å²) in [5, 5.41) is 3.49. The molecule has 41 heavy (non-hydrogen) atoms. The summed E-state index contributed by atoms with van der Waals surface area (Å²) >= 11 is 0. The van der Waals surface area contributed by atoms with Crippen molar-refractivity contribution in [3.8, 4) is 0 Å². The first-order valence-corrected chi connectivity index (χ1v) is 13.7. The Bertz CT molecular complexity index is 1550. The molecule has 1 N–H and O–H groups in total. The van der Waals surface area contributed by atoms with Crippen molar-refractivity contribution >= 4 is 29.0 Å². The van der Waals surface area contributed by atoms with Gasteiger partial charge in [-0.3, -0.25) is 19.7 Å². The van der Waals surface area contributed by atoms with Gasteiger partial charge in [0.2, 0.25) is 11.8 Å². The summed E-state index contributed by atoms with van der Waals surface area (Å²) in [6.45, 7) is 0. The lowest BCUT2D eigenvalue weighted by Crippen LogP contribution is -2.58. The first-order valence-electron chi connectivity index (χ1n) is 13.7. The second-order valence-corrected chi connectivity index (χ2v) is 10.5. The van der Waals surface area contributed by atoms with E-state index in [0.29, 0.717) is 5.69 Å². The minimum Gasteiger partial charge on any atom is -0.468 e. The molecule has 0 aliphatic carbocycles. The van der Waals surface area contributed by atoms with Crippen LogP contribution in [-0.4, -0.2) is 36.5 Å². The summed E-state index contributed by atoms with van der Waals surface area (Å²) in [5.41, 5.74) is 2.74. The number of imide groups is 1. The molecule has 4 unspecified atom stereocenters. The predicted molar refractivity (Wildman–Crippen MR) is 158 cm³/mol. The molecule has 4 aromatic carbocycles. The van der Waals surface area contributed by atoms with Crippen molar-refractivity contribution < 1.29 is 19.1 Å². The van der Waals surface area contributed by atoms with Gasteiger partial charge in [-0.05, 0) is 34.4 Å². The number of ether oxygens (including phenoxy) is 1. The molecule has 4 atom stereocenters. The molecule has 0 bridgehead atoms. The summed E-state index contributed by atoms with van der Waals surface area (Å²) in [4.78, 5) is 43.4. The van der Waals surface area contributed by atoms with Gasteiger partial charge in [-0.1, -0.05) is 115 Å². The van der Waals surface area contributed by atoms with Crippen LogP contribution in [0.5, 0.6) is 0 Å². The molecule has 0 saturated carbocycles. The molecule has 2 aliphatic rings. The molecule has 2 saturated heterocycles. The van der Waals surface area contributed by atoms with Gasteiger partial charge in [0.1, 0.15) is 5.54 Å². The van der Waals surface area contributed by atoms with Crippen LogP contribution in [0.15, 0.2) is 127 Å². The summed E-state index contributed by atoms with van der Waals surface area (Å²) in [6, 6.07) is 37.6. The Labute approximate surface area is 239 Å². The molecule has 2 heterocycles. The van der Waals surface area contributed by atoms with E-state index in [2.05, 4.69) is 5.32 Å². The number of carbonyl (C=O) groups excluding carboxylic acids is 3. The maximum Gasteiger partial charge on any atom is 0.327 e. The molecule has 204 valence electrons. The number of para-hydroxylation sites is 1. The van der Waals surface area contributed by atoms with Crippen molar-refractivity contribution in [1.82, 2.24) is 5.32 Å². The van der Waals surface area contributed by atoms with Gasteiger partial charge in [0.05, 0.1) is 24.6 Å². The van der Waals surface area contributed by atoms with Crippen molar-refractivity contribution in [2.45, 2.75) is 18.0 Å². The first kappa shape index (κ1) is 26.4. The lowest BCUT2D eigenvalue weighted by atomic mass is 9.76. The zero-order valence-corrected chi connectivity index (χ0v) is 22.6. The van der Waals surface area contributed by atoms with Crippen molar-refractivity contribution in [3.05, 3.63) is 144 Å². The Morgan fingerprint density at radius 2 is 1.29 bits per heavy atom. The van der Waals surface area contributed by atoms with Crippen LogP contribution in [0.3, 0.4) is 0 Å². The summed E-state index contributed by atoms with van der Waals surface area (Å²) in [6.07, 6.45) is 2.19. The van der Waals surface area contributed by atoms with Gasteiger partial charge in [0.15, 0.2) is 0 Å². The van der Waals surface area contributed by atoms with E-state index >= 15 is 0 Å². The highest BCUT2D eigenvalue weighted by molar-refractivity contribution is 6.24. The fourth-order valence-corrected chi connectivity index (χ4v) is 6.32. The van der Waals surface area contributed by atoms with Crippen LogP contribution in [0.25, 0.3) is 5.57 Å². The maximum atomic E-state index is 14.2. The van der Waals surface area contributed by atoms with E-state index < -0.39 is 35.3 Å². The Morgan fingerprint density at radius 3 is 1.83 bits per heavy atom. The quantitative estimate of drug-likeness (QED) is 0.261. The minimum absolute atomic E-state index is 0.194. The highest BCUT2D eigenvalue weighted by Gasteiger charge is 2.68.